The normalized spacial score (nSPS) is 18.2. The summed E-state index contributed by atoms with van der Waals surface area (Å²) < 4.78 is 7.16. The SMILES string of the molecule is Cc1cc(NC(=S)N[C@H]2CC(C)(C)Oc3ccccc32)ccc1Br. The third kappa shape index (κ3) is 3.90. The highest BCUT2D eigenvalue weighted by Crippen LogP contribution is 2.39. The molecule has 24 heavy (non-hydrogen) atoms. The standard InChI is InChI=1S/C19H21BrN2OS/c1-12-10-13(8-9-15(12)20)21-18(24)22-16-11-19(2,3)23-17-7-5-4-6-14(16)17/h4-10,16H,11H2,1-3H3,(H2,21,22,24)/t16-/m0/s1. The lowest BCUT2D eigenvalue weighted by Crippen LogP contribution is -2.42. The summed E-state index contributed by atoms with van der Waals surface area (Å²) in [6, 6.07) is 14.4. The van der Waals surface area contributed by atoms with E-state index in [0.29, 0.717) is 5.11 Å². The first-order valence-electron chi connectivity index (χ1n) is 7.96. The number of ether oxygens (including phenoxy) is 1. The van der Waals surface area contributed by atoms with Gasteiger partial charge >= 0.3 is 0 Å². The Labute approximate surface area is 156 Å². The van der Waals surface area contributed by atoms with Crippen LogP contribution in [0.4, 0.5) is 5.69 Å². The van der Waals surface area contributed by atoms with Crippen LogP contribution in [0.1, 0.15) is 37.4 Å². The molecule has 0 spiro atoms. The van der Waals surface area contributed by atoms with Gasteiger partial charge in [-0.05, 0) is 62.8 Å². The van der Waals surface area contributed by atoms with Crippen LogP contribution in [0.5, 0.6) is 5.75 Å². The molecule has 0 saturated heterocycles. The lowest BCUT2D eigenvalue weighted by molar-refractivity contribution is 0.0697. The van der Waals surface area contributed by atoms with E-state index in [0.717, 1.165) is 27.9 Å². The van der Waals surface area contributed by atoms with Gasteiger partial charge in [0.25, 0.3) is 0 Å². The van der Waals surface area contributed by atoms with Crippen LogP contribution in [0.2, 0.25) is 0 Å². The van der Waals surface area contributed by atoms with Crippen molar-refractivity contribution in [3.63, 3.8) is 0 Å². The molecule has 0 unspecified atom stereocenters. The molecule has 126 valence electrons. The molecule has 0 aromatic heterocycles. The fraction of sp³-hybridized carbons (Fsp3) is 0.316. The van der Waals surface area contributed by atoms with Crippen molar-refractivity contribution in [3.8, 4) is 5.75 Å². The Morgan fingerprint density at radius 2 is 2.00 bits per heavy atom. The molecule has 3 rings (SSSR count). The van der Waals surface area contributed by atoms with Gasteiger partial charge in [-0.3, -0.25) is 0 Å². The number of benzene rings is 2. The summed E-state index contributed by atoms with van der Waals surface area (Å²) in [5, 5.41) is 7.34. The van der Waals surface area contributed by atoms with Gasteiger partial charge in [0.2, 0.25) is 0 Å². The van der Waals surface area contributed by atoms with E-state index < -0.39 is 0 Å². The van der Waals surface area contributed by atoms with E-state index in [9.17, 15) is 0 Å². The number of hydrogen-bond donors (Lipinski definition) is 2. The molecule has 1 heterocycles. The predicted molar refractivity (Wildman–Crippen MR) is 107 cm³/mol. The number of rotatable bonds is 2. The second-order valence-electron chi connectivity index (χ2n) is 6.72. The van der Waals surface area contributed by atoms with Crippen LogP contribution in [0.15, 0.2) is 46.9 Å². The predicted octanol–water partition coefficient (Wildman–Crippen LogP) is 5.35. The van der Waals surface area contributed by atoms with Gasteiger partial charge in [0.1, 0.15) is 11.4 Å². The molecule has 2 aromatic rings. The summed E-state index contributed by atoms with van der Waals surface area (Å²) in [6.07, 6.45) is 0.852. The van der Waals surface area contributed by atoms with E-state index in [4.69, 9.17) is 17.0 Å². The molecule has 0 fully saturated rings. The Bertz CT molecular complexity index is 776. The minimum Gasteiger partial charge on any atom is -0.487 e. The molecule has 3 nitrogen and oxygen atoms in total. The zero-order chi connectivity index (χ0) is 17.3. The second kappa shape index (κ2) is 6.73. The third-order valence-corrected chi connectivity index (χ3v) is 5.21. The molecule has 0 aliphatic carbocycles. The largest absolute Gasteiger partial charge is 0.487 e. The van der Waals surface area contributed by atoms with Crippen molar-refractivity contribution >= 4 is 38.9 Å². The average Bonchev–Trinajstić information content (AvgIpc) is 2.50. The maximum absolute atomic E-state index is 6.07. The third-order valence-electron chi connectivity index (χ3n) is 4.10. The van der Waals surface area contributed by atoms with Crippen LogP contribution in [0.25, 0.3) is 0 Å². The molecule has 2 N–H and O–H groups in total. The highest BCUT2D eigenvalue weighted by molar-refractivity contribution is 9.10. The van der Waals surface area contributed by atoms with Gasteiger partial charge in [0.15, 0.2) is 5.11 Å². The first kappa shape index (κ1) is 17.2. The Balaban J connectivity index is 1.75. The maximum atomic E-state index is 6.07. The van der Waals surface area contributed by atoms with Crippen LogP contribution in [0.3, 0.4) is 0 Å². The monoisotopic (exact) mass is 404 g/mol. The number of anilines is 1. The lowest BCUT2D eigenvalue weighted by Gasteiger charge is -2.38. The highest BCUT2D eigenvalue weighted by atomic mass is 79.9. The fourth-order valence-electron chi connectivity index (χ4n) is 2.98. The van der Waals surface area contributed by atoms with E-state index in [1.807, 2.05) is 30.3 Å². The molecular formula is C19H21BrN2OS. The summed E-state index contributed by atoms with van der Waals surface area (Å²) >= 11 is 9.04. The Kier molecular flexibility index (Phi) is 4.83. The minimum absolute atomic E-state index is 0.126. The van der Waals surface area contributed by atoms with Crippen LogP contribution < -0.4 is 15.4 Å². The minimum atomic E-state index is -0.226. The number of aryl methyl sites for hydroxylation is 1. The van der Waals surface area contributed by atoms with Crippen LogP contribution in [-0.4, -0.2) is 10.7 Å². The average molecular weight is 405 g/mol. The van der Waals surface area contributed by atoms with E-state index in [1.54, 1.807) is 0 Å². The Morgan fingerprint density at radius 3 is 2.75 bits per heavy atom. The highest BCUT2D eigenvalue weighted by Gasteiger charge is 2.33. The van der Waals surface area contributed by atoms with Crippen molar-refractivity contribution in [1.82, 2.24) is 5.32 Å². The van der Waals surface area contributed by atoms with Crippen LogP contribution in [0, 0.1) is 6.92 Å². The van der Waals surface area contributed by atoms with Gasteiger partial charge in [0.05, 0.1) is 6.04 Å². The zero-order valence-corrected chi connectivity index (χ0v) is 16.4. The van der Waals surface area contributed by atoms with Crippen LogP contribution in [-0.2, 0) is 0 Å². The van der Waals surface area contributed by atoms with Crippen molar-refractivity contribution in [3.05, 3.63) is 58.1 Å². The first-order valence-corrected chi connectivity index (χ1v) is 9.16. The van der Waals surface area contributed by atoms with E-state index in [2.05, 4.69) is 59.5 Å². The van der Waals surface area contributed by atoms with E-state index >= 15 is 0 Å². The summed E-state index contributed by atoms with van der Waals surface area (Å²) in [5.74, 6) is 0.925. The molecule has 5 heteroatoms. The van der Waals surface area contributed by atoms with E-state index in [1.165, 1.54) is 5.56 Å². The van der Waals surface area contributed by atoms with Gasteiger partial charge in [-0.1, -0.05) is 34.1 Å². The molecule has 2 aromatic carbocycles. The van der Waals surface area contributed by atoms with Crippen molar-refractivity contribution in [2.75, 3.05) is 5.32 Å². The molecule has 0 amide bonds. The topological polar surface area (TPSA) is 33.3 Å². The molecule has 1 atom stereocenters. The number of fused-ring (bicyclic) bond motifs is 1. The number of hydrogen-bond acceptors (Lipinski definition) is 2. The Morgan fingerprint density at radius 1 is 1.25 bits per heavy atom. The molecule has 0 radical (unpaired) electrons. The van der Waals surface area contributed by atoms with Gasteiger partial charge < -0.3 is 15.4 Å². The van der Waals surface area contributed by atoms with Crippen molar-refractivity contribution in [2.45, 2.75) is 38.8 Å². The van der Waals surface area contributed by atoms with Gasteiger partial charge in [0, 0.05) is 22.1 Å². The quantitative estimate of drug-likeness (QED) is 0.661. The molecule has 0 saturated carbocycles. The van der Waals surface area contributed by atoms with Gasteiger partial charge in [-0.15, -0.1) is 0 Å². The molecule has 0 bridgehead atoms. The Hall–Kier alpha value is -1.59. The summed E-state index contributed by atoms with van der Waals surface area (Å²) in [5.41, 5.74) is 3.07. The van der Waals surface area contributed by atoms with Crippen molar-refractivity contribution in [1.29, 1.82) is 0 Å². The van der Waals surface area contributed by atoms with Gasteiger partial charge in [-0.2, -0.15) is 0 Å². The fourth-order valence-corrected chi connectivity index (χ4v) is 3.49. The lowest BCUT2D eigenvalue weighted by atomic mass is 9.90. The summed E-state index contributed by atoms with van der Waals surface area (Å²) in [4.78, 5) is 0. The zero-order valence-electron chi connectivity index (χ0n) is 14.0. The number of para-hydroxylation sites is 1. The molecular weight excluding hydrogens is 384 g/mol. The van der Waals surface area contributed by atoms with Crippen LogP contribution >= 0.6 is 28.1 Å². The molecule has 1 aliphatic rings. The summed E-state index contributed by atoms with van der Waals surface area (Å²) in [7, 11) is 0. The van der Waals surface area contributed by atoms with Crippen molar-refractivity contribution in [2.24, 2.45) is 0 Å². The van der Waals surface area contributed by atoms with Gasteiger partial charge in [-0.25, -0.2) is 0 Å². The summed E-state index contributed by atoms with van der Waals surface area (Å²) in [6.45, 7) is 6.27. The number of halogens is 1. The van der Waals surface area contributed by atoms with E-state index in [-0.39, 0.29) is 11.6 Å². The van der Waals surface area contributed by atoms with Crippen molar-refractivity contribution < 1.29 is 4.74 Å². The number of thiocarbonyl (C=S) groups is 1. The maximum Gasteiger partial charge on any atom is 0.171 e. The second-order valence-corrected chi connectivity index (χ2v) is 7.98. The molecule has 1 aliphatic heterocycles. The number of nitrogens with one attached hydrogen (secondary N) is 2. The smallest absolute Gasteiger partial charge is 0.171 e. The first-order chi connectivity index (χ1) is 11.3.